The van der Waals surface area contributed by atoms with E-state index in [2.05, 4.69) is 5.32 Å². The molecule has 1 fully saturated rings. The van der Waals surface area contributed by atoms with Crippen LogP contribution in [0.2, 0.25) is 0 Å². The summed E-state index contributed by atoms with van der Waals surface area (Å²) in [5.41, 5.74) is 1.90. The quantitative estimate of drug-likeness (QED) is 0.421. The molecule has 3 aromatic rings. The maximum Gasteiger partial charge on any atom is 0.323 e. The lowest BCUT2D eigenvalue weighted by atomic mass is 9.98. The van der Waals surface area contributed by atoms with E-state index in [9.17, 15) is 24.6 Å². The fraction of sp³-hybridized carbons (Fsp3) is 0.296. The number of carbonyl (C=O) groups excluding carboxylic acids is 1. The second-order valence-corrected chi connectivity index (χ2v) is 9.77. The van der Waals surface area contributed by atoms with Crippen molar-refractivity contribution in [3.8, 4) is 0 Å². The number of hydrogen-bond donors (Lipinski definition) is 3. The molecular formula is C27H28N2O5S. The first-order valence-corrected chi connectivity index (χ1v) is 12.7. The first-order valence-electron chi connectivity index (χ1n) is 11.5. The van der Waals surface area contributed by atoms with Gasteiger partial charge in [-0.1, -0.05) is 72.8 Å². The smallest absolute Gasteiger partial charge is 0.323 e. The molecule has 3 aromatic carbocycles. The number of amides is 1. The lowest BCUT2D eigenvalue weighted by molar-refractivity contribution is -0.147. The number of carbonyl (C=O) groups is 3. The largest absolute Gasteiger partial charge is 0.480 e. The van der Waals surface area contributed by atoms with Crippen molar-refractivity contribution < 1.29 is 24.6 Å². The molecule has 1 amide bonds. The molecule has 0 radical (unpaired) electrons. The third kappa shape index (κ3) is 6.21. The molecule has 3 unspecified atom stereocenters. The molecule has 1 aliphatic rings. The number of nitrogens with one attached hydrogen (secondary N) is 1. The van der Waals surface area contributed by atoms with Crippen LogP contribution in [-0.2, 0) is 27.2 Å². The minimum absolute atomic E-state index is 0.206. The van der Waals surface area contributed by atoms with Crippen molar-refractivity contribution in [2.45, 2.75) is 31.0 Å². The van der Waals surface area contributed by atoms with Crippen LogP contribution in [-0.4, -0.2) is 69.1 Å². The topological polar surface area (TPSA) is 107 Å². The van der Waals surface area contributed by atoms with Crippen LogP contribution >= 0.6 is 11.8 Å². The van der Waals surface area contributed by atoms with Gasteiger partial charge in [0.15, 0.2) is 0 Å². The van der Waals surface area contributed by atoms with Gasteiger partial charge in [-0.25, -0.2) is 0 Å². The molecular weight excluding hydrogens is 464 g/mol. The van der Waals surface area contributed by atoms with Crippen molar-refractivity contribution in [2.24, 2.45) is 0 Å². The molecule has 8 heteroatoms. The zero-order valence-electron chi connectivity index (χ0n) is 19.2. The van der Waals surface area contributed by atoms with Gasteiger partial charge < -0.3 is 15.1 Å². The number of fused-ring (bicyclic) bond motifs is 1. The van der Waals surface area contributed by atoms with Gasteiger partial charge in [-0.3, -0.25) is 19.7 Å². The van der Waals surface area contributed by atoms with Crippen LogP contribution in [0.5, 0.6) is 0 Å². The number of hydrogen-bond acceptors (Lipinski definition) is 5. The van der Waals surface area contributed by atoms with Gasteiger partial charge in [0.05, 0.1) is 6.04 Å². The van der Waals surface area contributed by atoms with E-state index in [0.717, 1.165) is 21.9 Å². The fourth-order valence-corrected chi connectivity index (χ4v) is 5.72. The molecule has 182 valence electrons. The number of aliphatic carboxylic acids is 2. The Morgan fingerprint density at radius 1 is 0.971 bits per heavy atom. The number of thioether (sulfide) groups is 1. The minimum atomic E-state index is -1.09. The maximum absolute atomic E-state index is 13.5. The highest BCUT2D eigenvalue weighted by Crippen LogP contribution is 2.23. The third-order valence-electron chi connectivity index (χ3n) is 6.24. The van der Waals surface area contributed by atoms with E-state index in [1.807, 2.05) is 72.8 Å². The summed E-state index contributed by atoms with van der Waals surface area (Å²) in [6, 6.07) is 21.1. The Morgan fingerprint density at radius 3 is 2.43 bits per heavy atom. The second-order valence-electron chi connectivity index (χ2n) is 8.69. The van der Waals surface area contributed by atoms with Crippen molar-refractivity contribution in [1.29, 1.82) is 0 Å². The van der Waals surface area contributed by atoms with Crippen LogP contribution in [0, 0.1) is 0 Å². The van der Waals surface area contributed by atoms with Crippen molar-refractivity contribution >= 4 is 40.4 Å². The Bertz CT molecular complexity index is 1200. The van der Waals surface area contributed by atoms with Crippen molar-refractivity contribution in [3.05, 3.63) is 83.9 Å². The highest BCUT2D eigenvalue weighted by atomic mass is 32.2. The molecule has 0 aliphatic carbocycles. The van der Waals surface area contributed by atoms with Crippen LogP contribution in [0.1, 0.15) is 11.1 Å². The molecule has 0 aromatic heterocycles. The van der Waals surface area contributed by atoms with Crippen molar-refractivity contribution in [3.63, 3.8) is 0 Å². The molecule has 0 spiro atoms. The molecule has 0 bridgehead atoms. The Labute approximate surface area is 208 Å². The highest BCUT2D eigenvalue weighted by molar-refractivity contribution is 7.99. The van der Waals surface area contributed by atoms with E-state index < -0.39 is 30.6 Å². The fourth-order valence-electron chi connectivity index (χ4n) is 4.54. The number of carboxylic acids is 2. The highest BCUT2D eigenvalue weighted by Gasteiger charge is 2.36. The SMILES string of the molecule is O=C(O)CN1C(=O)C(NC(Cc2cccc3ccccc23)C(=O)O)CSCC1Cc1ccccc1. The van der Waals surface area contributed by atoms with E-state index in [1.54, 1.807) is 0 Å². The van der Waals surface area contributed by atoms with Gasteiger partial charge >= 0.3 is 11.9 Å². The summed E-state index contributed by atoms with van der Waals surface area (Å²) in [7, 11) is 0. The Kier molecular flexibility index (Phi) is 8.05. The lowest BCUT2D eigenvalue weighted by Crippen LogP contribution is -2.56. The number of benzene rings is 3. The van der Waals surface area contributed by atoms with E-state index in [4.69, 9.17) is 0 Å². The molecule has 1 aliphatic heterocycles. The first kappa shape index (κ1) is 24.8. The number of nitrogens with zero attached hydrogens (tertiary/aromatic N) is 1. The summed E-state index contributed by atoms with van der Waals surface area (Å²) in [6.07, 6.45) is 0.745. The van der Waals surface area contributed by atoms with Crippen molar-refractivity contribution in [2.75, 3.05) is 18.1 Å². The molecule has 4 rings (SSSR count). The average molecular weight is 493 g/mol. The van der Waals surface area contributed by atoms with Gasteiger partial charge in [0, 0.05) is 17.5 Å². The Morgan fingerprint density at radius 2 is 1.69 bits per heavy atom. The summed E-state index contributed by atoms with van der Waals surface area (Å²) in [6.45, 7) is -0.421. The third-order valence-corrected chi connectivity index (χ3v) is 7.43. The molecule has 35 heavy (non-hydrogen) atoms. The molecule has 3 atom stereocenters. The normalized spacial score (nSPS) is 19.3. The maximum atomic E-state index is 13.5. The van der Waals surface area contributed by atoms with Crippen LogP contribution in [0.25, 0.3) is 10.8 Å². The predicted octanol–water partition coefficient (Wildman–Crippen LogP) is 3.07. The van der Waals surface area contributed by atoms with Crippen molar-refractivity contribution in [1.82, 2.24) is 10.2 Å². The number of carboxylic acid groups (broad SMARTS) is 2. The zero-order valence-corrected chi connectivity index (χ0v) is 20.0. The van der Waals surface area contributed by atoms with E-state index in [0.29, 0.717) is 17.9 Å². The van der Waals surface area contributed by atoms with Crippen LogP contribution in [0.4, 0.5) is 0 Å². The van der Waals surface area contributed by atoms with Gasteiger partial charge in [0.1, 0.15) is 12.6 Å². The second kappa shape index (κ2) is 11.4. The van der Waals surface area contributed by atoms with Crippen LogP contribution < -0.4 is 5.32 Å². The molecule has 7 nitrogen and oxygen atoms in total. The van der Waals surface area contributed by atoms with Crippen LogP contribution in [0.3, 0.4) is 0 Å². The Balaban J connectivity index is 1.54. The first-order chi connectivity index (χ1) is 16.9. The summed E-state index contributed by atoms with van der Waals surface area (Å²) in [5.74, 6) is -1.56. The molecule has 0 saturated carbocycles. The van der Waals surface area contributed by atoms with Gasteiger partial charge in [-0.15, -0.1) is 0 Å². The summed E-state index contributed by atoms with van der Waals surface area (Å²) in [4.78, 5) is 38.7. The van der Waals surface area contributed by atoms with Gasteiger partial charge in [-0.05, 0) is 34.7 Å². The van der Waals surface area contributed by atoms with Gasteiger partial charge in [0.2, 0.25) is 5.91 Å². The average Bonchev–Trinajstić information content (AvgIpc) is 2.98. The predicted molar refractivity (Wildman–Crippen MR) is 137 cm³/mol. The monoisotopic (exact) mass is 492 g/mol. The molecule has 3 N–H and O–H groups in total. The standard InChI is InChI=1S/C27H28N2O5S/c30-25(31)15-29-21(13-18-7-2-1-3-8-18)16-35-17-24(26(29)32)28-23(27(33)34)14-20-11-6-10-19-9-4-5-12-22(19)20/h1-12,21,23-24,28H,13-17H2,(H,30,31)(H,33,34). The van der Waals surface area contributed by atoms with Crippen LogP contribution in [0.15, 0.2) is 72.8 Å². The van der Waals surface area contributed by atoms with E-state index in [-0.39, 0.29) is 18.4 Å². The molecule has 1 saturated heterocycles. The molecule has 1 heterocycles. The number of rotatable bonds is 9. The van der Waals surface area contributed by atoms with E-state index in [1.165, 1.54) is 16.7 Å². The summed E-state index contributed by atoms with van der Waals surface area (Å²) in [5, 5.41) is 24.5. The summed E-state index contributed by atoms with van der Waals surface area (Å²) < 4.78 is 0. The lowest BCUT2D eigenvalue weighted by Gasteiger charge is -2.31. The minimum Gasteiger partial charge on any atom is -0.480 e. The van der Waals surface area contributed by atoms with Gasteiger partial charge in [0.25, 0.3) is 0 Å². The van der Waals surface area contributed by atoms with E-state index >= 15 is 0 Å². The summed E-state index contributed by atoms with van der Waals surface area (Å²) >= 11 is 1.54. The zero-order chi connectivity index (χ0) is 24.8. The van der Waals surface area contributed by atoms with Gasteiger partial charge in [-0.2, -0.15) is 11.8 Å². The Hall–Kier alpha value is -3.36.